The zero-order valence-corrected chi connectivity index (χ0v) is 54.8. The van der Waals surface area contributed by atoms with Crippen LogP contribution in [0.5, 0.6) is 0 Å². The van der Waals surface area contributed by atoms with Gasteiger partial charge in [0.05, 0.1) is 56.9 Å². The van der Waals surface area contributed by atoms with Crippen molar-refractivity contribution in [2.75, 3.05) is 26.4 Å². The fourth-order valence-corrected chi connectivity index (χ4v) is 13.0. The summed E-state index contributed by atoms with van der Waals surface area (Å²) >= 11 is 0. The molecule has 578 valence electrons. The minimum Gasteiger partial charge on any atom is -0.477 e. The van der Waals surface area contributed by atoms with Gasteiger partial charge >= 0.3 is 5.97 Å². The first kappa shape index (κ1) is 82.1. The average Bonchev–Trinajstić information content (AvgIpc) is 0.762. The summed E-state index contributed by atoms with van der Waals surface area (Å²) in [6.07, 6.45) is -74.4. The lowest BCUT2D eigenvalue weighted by Gasteiger charge is -2.52. The first-order valence-electron chi connectivity index (χ1n) is 32.2. The van der Waals surface area contributed by atoms with E-state index in [9.17, 15) is 126 Å². The number of carbonyl (C=O) groups excluding carboxylic acids is 3. The molecule has 0 bridgehead atoms. The number of nitrogens with one attached hydrogen (secondary N) is 3. The first-order chi connectivity index (χ1) is 46.9. The van der Waals surface area contributed by atoms with E-state index in [4.69, 9.17) is 71.1 Å². The largest absolute Gasteiger partial charge is 0.477 e. The van der Waals surface area contributed by atoms with Crippen LogP contribution in [-0.2, 0) is 90.2 Å². The molecule has 41 atom stereocenters. The second-order valence-corrected chi connectivity index (χ2v) is 26.0. The Balaban J connectivity index is 1.14. The molecule has 100 heavy (non-hydrogen) atoms. The second kappa shape index (κ2) is 34.4. The molecule has 8 aliphatic heterocycles. The van der Waals surface area contributed by atoms with Gasteiger partial charge in [0, 0.05) is 27.2 Å². The molecular weight excluding hydrogens is 1370 g/mol. The van der Waals surface area contributed by atoms with Crippen molar-refractivity contribution in [1.82, 2.24) is 16.0 Å². The highest BCUT2D eigenvalue weighted by atomic mass is 16.8. The summed E-state index contributed by atoms with van der Waals surface area (Å²) in [5, 5.41) is 239. The number of carbonyl (C=O) groups is 4. The number of hydrogen-bond donors (Lipinski definition) is 24. The highest BCUT2D eigenvalue weighted by molar-refractivity contribution is 5.76. The van der Waals surface area contributed by atoms with Crippen LogP contribution in [0.25, 0.3) is 0 Å². The maximum Gasteiger partial charge on any atom is 0.364 e. The molecule has 24 N–H and O–H groups in total. The van der Waals surface area contributed by atoms with Gasteiger partial charge in [-0.1, -0.05) is 0 Å². The van der Waals surface area contributed by atoms with Crippen molar-refractivity contribution >= 4 is 23.7 Å². The quantitative estimate of drug-likeness (QED) is 0.0427. The van der Waals surface area contributed by atoms with Gasteiger partial charge in [0.1, 0.15) is 171 Å². The smallest absolute Gasteiger partial charge is 0.364 e. The number of aliphatic hydroxyl groups excluding tert-OH is 20. The fraction of sp³-hybridized carbons (Fsp3) is 0.930. The number of rotatable bonds is 24. The van der Waals surface area contributed by atoms with E-state index in [2.05, 4.69) is 16.0 Å². The van der Waals surface area contributed by atoms with Crippen molar-refractivity contribution in [2.45, 2.75) is 306 Å². The second-order valence-electron chi connectivity index (χ2n) is 26.0. The Bertz CT molecular complexity index is 2670. The van der Waals surface area contributed by atoms with Crippen molar-refractivity contribution in [3.05, 3.63) is 0 Å². The third kappa shape index (κ3) is 17.6. The number of carboxylic acids is 1. The number of ether oxygens (including phenoxy) is 15. The zero-order valence-electron chi connectivity index (χ0n) is 54.8. The van der Waals surface area contributed by atoms with Crippen molar-refractivity contribution in [3.63, 3.8) is 0 Å². The van der Waals surface area contributed by atoms with Gasteiger partial charge in [0.25, 0.3) is 5.79 Å². The lowest BCUT2D eigenvalue weighted by molar-refractivity contribution is -0.402. The van der Waals surface area contributed by atoms with Gasteiger partial charge in [-0.05, 0) is 27.7 Å². The zero-order chi connectivity index (χ0) is 74.2. The SMILES string of the molecule is CC(=O)N[C@@H]1[C@@H](O[C@@H]2O[C@H](CO)[C@@H](O[C@@H]3O[C@H](CO)[C@H](O)[C@H](O)[C@H]3NC(C)=O)[C@H](O[C@@H]3O[C@@H](C)[C@@H](O)[C@@H](O)[C@@H]3O)[C@H]2NC(C)=O)[C@@H](O)[C@@H](CO[C@]2(C(=O)O)C[C@H](O[C@@H]3O[C@@H](C)[C@@H](O)[C@@H](O[C@@H]4O[C@@H](C)[C@@H](O)[C@@H](O)[C@@H]4O)[C@@H]3O[C@@H]3O[C@@H](C)[C@@H](O)[C@@H](O)[C@@H]3O)[C@@H](O)[C@H]([C@H](O)[C@H](O)CO)O2)O[C@@H]1O. The molecule has 3 amide bonds. The maximum atomic E-state index is 13.9. The van der Waals surface area contributed by atoms with E-state index in [0.717, 1.165) is 20.8 Å². The van der Waals surface area contributed by atoms with Crippen molar-refractivity contribution in [2.24, 2.45) is 0 Å². The highest BCUT2D eigenvalue weighted by Crippen LogP contribution is 2.42. The van der Waals surface area contributed by atoms with E-state index < -0.39 is 308 Å². The van der Waals surface area contributed by atoms with Crippen LogP contribution >= 0.6 is 0 Å². The van der Waals surface area contributed by atoms with E-state index in [1.807, 2.05) is 0 Å². The van der Waals surface area contributed by atoms with Crippen LogP contribution in [0.15, 0.2) is 0 Å². The van der Waals surface area contributed by atoms with Crippen molar-refractivity contribution in [3.8, 4) is 0 Å². The Morgan fingerprint density at radius 3 is 1.34 bits per heavy atom. The minimum atomic E-state index is -3.35. The molecule has 8 fully saturated rings. The Morgan fingerprint density at radius 2 is 0.850 bits per heavy atom. The summed E-state index contributed by atoms with van der Waals surface area (Å²) in [6, 6.07) is -5.61. The predicted octanol–water partition coefficient (Wildman–Crippen LogP) is -14.7. The van der Waals surface area contributed by atoms with Gasteiger partial charge in [-0.15, -0.1) is 0 Å². The molecule has 43 nitrogen and oxygen atoms in total. The Kier molecular flexibility index (Phi) is 28.2. The van der Waals surface area contributed by atoms with Crippen LogP contribution in [0, 0.1) is 0 Å². The summed E-state index contributed by atoms with van der Waals surface area (Å²) in [4.78, 5) is 52.7. The lowest BCUT2D eigenvalue weighted by Crippen LogP contribution is -2.72. The van der Waals surface area contributed by atoms with Gasteiger partial charge < -0.3 is 194 Å². The topological polar surface area (TPSA) is 668 Å². The molecule has 43 heteroatoms. The number of amides is 3. The molecule has 8 heterocycles. The number of aliphatic hydroxyl groups is 20. The molecule has 0 saturated carbocycles. The van der Waals surface area contributed by atoms with Gasteiger partial charge in [-0.3, -0.25) is 14.4 Å². The number of carboxylic acid groups (broad SMARTS) is 1. The predicted molar refractivity (Wildman–Crippen MR) is 311 cm³/mol. The van der Waals surface area contributed by atoms with E-state index >= 15 is 0 Å². The van der Waals surface area contributed by atoms with E-state index in [-0.39, 0.29) is 0 Å². The summed E-state index contributed by atoms with van der Waals surface area (Å²) in [5.41, 5.74) is 0. The average molecular weight is 1460 g/mol. The highest BCUT2D eigenvalue weighted by Gasteiger charge is 2.62. The summed E-state index contributed by atoms with van der Waals surface area (Å²) < 4.78 is 89.7. The third-order valence-electron chi connectivity index (χ3n) is 18.7. The van der Waals surface area contributed by atoms with Gasteiger partial charge in [-0.25, -0.2) is 4.79 Å². The molecule has 0 aromatic heterocycles. The molecule has 0 aromatic rings. The van der Waals surface area contributed by atoms with E-state index in [0.29, 0.717) is 0 Å². The molecule has 8 saturated heterocycles. The Labute approximate surface area is 568 Å². The van der Waals surface area contributed by atoms with E-state index in [1.165, 1.54) is 27.7 Å². The van der Waals surface area contributed by atoms with Crippen LogP contribution < -0.4 is 16.0 Å². The van der Waals surface area contributed by atoms with Crippen LogP contribution in [0.2, 0.25) is 0 Å². The van der Waals surface area contributed by atoms with Crippen LogP contribution in [0.3, 0.4) is 0 Å². The number of aliphatic carboxylic acids is 1. The standard InChI is InChI=1S/C57H95N3O40/c1-13-28(68)37(77)40(80)52(87-13)97-45-27(60-19(7)66)51(94-23(11-63)43(45)95-50-25(58-17(5)64)36(76)33(73)22(10-62)93-50)96-44-26(59-18(6)65)49(83)91-24(35(44)75)12-86-57(56(84)85)8-21(34(74)46(100-57)32(72)20(67)9-61)92-55-48(99-54-42(82)39(79)30(70)15(3)89-54)47(31(71)16(4)90-55)98-53-41(81)38(78)29(69)14(2)88-53/h13-16,20-55,61-63,67-83H,8-12H2,1-7H3,(H,58,64)(H,59,65)(H,60,66)(H,84,85)/t13-,14-,15-,16-,20+,21-,22+,23+,24+,25+,26+,27+,28+,29+,30+,31+,32+,33-,34+,35-,36+,37+,38+,39+,40-,41-,42-,43+,44+,45+,46-,47+,48-,49-,50-,51-,52-,53-,54-,55-,57+/m0/s1. The van der Waals surface area contributed by atoms with E-state index in [1.54, 1.807) is 0 Å². The first-order valence-corrected chi connectivity index (χ1v) is 32.2. The monoisotopic (exact) mass is 1460 g/mol. The van der Waals surface area contributed by atoms with Crippen molar-refractivity contribution in [1.29, 1.82) is 0 Å². The van der Waals surface area contributed by atoms with Crippen LogP contribution in [-0.4, -0.2) is 408 Å². The normalized spacial score (nSPS) is 49.4. The summed E-state index contributed by atoms with van der Waals surface area (Å²) in [6.45, 7) is 3.21. The Morgan fingerprint density at radius 1 is 0.420 bits per heavy atom. The third-order valence-corrected chi connectivity index (χ3v) is 18.7. The molecular formula is C57H95N3O40. The summed E-state index contributed by atoms with van der Waals surface area (Å²) in [7, 11) is 0. The van der Waals surface area contributed by atoms with Gasteiger partial charge in [0.15, 0.2) is 44.0 Å². The molecule has 8 aliphatic rings. The maximum absolute atomic E-state index is 13.9. The molecule has 0 unspecified atom stereocenters. The molecule has 0 radical (unpaired) electrons. The van der Waals surface area contributed by atoms with Gasteiger partial charge in [0.2, 0.25) is 17.7 Å². The number of hydrogen-bond acceptors (Lipinski definition) is 39. The van der Waals surface area contributed by atoms with Gasteiger partial charge in [-0.2, -0.15) is 0 Å². The fourth-order valence-electron chi connectivity index (χ4n) is 13.0. The molecule has 0 spiro atoms. The van der Waals surface area contributed by atoms with Crippen molar-refractivity contribution < 1.29 is 197 Å². The molecule has 0 aromatic carbocycles. The molecule has 0 aliphatic carbocycles. The Hall–Kier alpha value is -3.52. The molecule has 8 rings (SSSR count). The minimum absolute atomic E-state index is 0.823. The van der Waals surface area contributed by atoms with Crippen LogP contribution in [0.4, 0.5) is 0 Å². The van der Waals surface area contributed by atoms with Crippen LogP contribution in [0.1, 0.15) is 54.9 Å². The lowest BCUT2D eigenvalue weighted by atomic mass is 9.90. The summed E-state index contributed by atoms with van der Waals surface area (Å²) in [5.74, 6) is -8.24.